The van der Waals surface area contributed by atoms with Crippen LogP contribution in [-0.4, -0.2) is 17.7 Å². The number of phenolic OH excluding ortho intramolecular Hbond substituents is 1. The fraction of sp³-hybridized carbons (Fsp3) is 0.133. The maximum atomic E-state index is 11.9. The zero-order chi connectivity index (χ0) is 13.7. The third-order valence-electron chi connectivity index (χ3n) is 2.45. The van der Waals surface area contributed by atoms with Crippen molar-refractivity contribution in [1.82, 2.24) is 0 Å². The maximum absolute atomic E-state index is 11.9. The summed E-state index contributed by atoms with van der Waals surface area (Å²) in [5.41, 5.74) is 0.221. The number of rotatable bonds is 4. The summed E-state index contributed by atoms with van der Waals surface area (Å²) in [6.45, 7) is 2.02. The normalized spacial score (nSPS) is 10.2. The van der Waals surface area contributed by atoms with E-state index in [9.17, 15) is 9.90 Å². The summed E-state index contributed by atoms with van der Waals surface area (Å²) in [5, 5.41) is 9.85. The van der Waals surface area contributed by atoms with Crippen LogP contribution in [0.4, 0.5) is 0 Å². The van der Waals surface area contributed by atoms with E-state index in [0.29, 0.717) is 4.90 Å². The summed E-state index contributed by atoms with van der Waals surface area (Å²) in [6.07, 6.45) is 0. The largest absolute Gasteiger partial charge is 0.507 e. The van der Waals surface area contributed by atoms with E-state index < -0.39 is 5.97 Å². The van der Waals surface area contributed by atoms with Crippen molar-refractivity contribution in [3.05, 3.63) is 54.1 Å². The minimum atomic E-state index is -0.501. The van der Waals surface area contributed by atoms with E-state index in [2.05, 4.69) is 0 Å². The Balaban J connectivity index is 2.35. The van der Waals surface area contributed by atoms with E-state index >= 15 is 0 Å². The Kier molecular flexibility index (Phi) is 4.47. The molecule has 0 aliphatic rings. The highest BCUT2D eigenvalue weighted by atomic mass is 32.2. The van der Waals surface area contributed by atoms with E-state index in [1.165, 1.54) is 17.8 Å². The van der Waals surface area contributed by atoms with Crippen LogP contribution in [0.25, 0.3) is 0 Å². The Bertz CT molecular complexity index is 567. The first-order chi connectivity index (χ1) is 9.22. The van der Waals surface area contributed by atoms with Gasteiger partial charge in [-0.25, -0.2) is 4.79 Å². The second kappa shape index (κ2) is 6.29. The summed E-state index contributed by atoms with van der Waals surface area (Å²) in [6, 6.07) is 14.7. The average Bonchev–Trinajstić information content (AvgIpc) is 2.40. The molecule has 2 aromatic carbocycles. The van der Waals surface area contributed by atoms with Gasteiger partial charge in [-0.2, -0.15) is 0 Å². The van der Waals surface area contributed by atoms with Crippen molar-refractivity contribution in [2.45, 2.75) is 16.7 Å². The SMILES string of the molecule is CCOC(=O)c1c(O)cccc1Sc1ccccc1. The van der Waals surface area contributed by atoms with Gasteiger partial charge in [-0.05, 0) is 31.2 Å². The van der Waals surface area contributed by atoms with Gasteiger partial charge < -0.3 is 9.84 Å². The monoisotopic (exact) mass is 274 g/mol. The third-order valence-corrected chi connectivity index (χ3v) is 3.52. The van der Waals surface area contributed by atoms with Crippen LogP contribution in [-0.2, 0) is 4.74 Å². The lowest BCUT2D eigenvalue weighted by Crippen LogP contribution is -2.06. The Morgan fingerprint density at radius 3 is 2.58 bits per heavy atom. The molecule has 1 N–H and O–H groups in total. The van der Waals surface area contributed by atoms with Gasteiger partial charge in [0.05, 0.1) is 6.61 Å². The summed E-state index contributed by atoms with van der Waals surface area (Å²) in [5.74, 6) is -0.557. The highest BCUT2D eigenvalue weighted by molar-refractivity contribution is 7.99. The first-order valence-electron chi connectivity index (χ1n) is 5.94. The standard InChI is InChI=1S/C15H14O3S/c1-2-18-15(17)14-12(16)9-6-10-13(14)19-11-7-4-3-5-8-11/h3-10,16H,2H2,1H3. The number of ether oxygens (including phenoxy) is 1. The molecule has 2 rings (SSSR count). The summed E-state index contributed by atoms with van der Waals surface area (Å²) < 4.78 is 4.97. The molecular weight excluding hydrogens is 260 g/mol. The molecule has 0 amide bonds. The fourth-order valence-corrected chi connectivity index (χ4v) is 2.61. The van der Waals surface area contributed by atoms with Crippen LogP contribution in [0.1, 0.15) is 17.3 Å². The van der Waals surface area contributed by atoms with Crippen molar-refractivity contribution in [3.8, 4) is 5.75 Å². The number of carbonyl (C=O) groups is 1. The molecule has 2 aromatic rings. The lowest BCUT2D eigenvalue weighted by atomic mass is 10.2. The van der Waals surface area contributed by atoms with Crippen molar-refractivity contribution >= 4 is 17.7 Å². The second-order valence-corrected chi connectivity index (χ2v) is 4.90. The Morgan fingerprint density at radius 2 is 1.89 bits per heavy atom. The Morgan fingerprint density at radius 1 is 1.16 bits per heavy atom. The van der Waals surface area contributed by atoms with E-state index in [1.54, 1.807) is 19.1 Å². The van der Waals surface area contributed by atoms with Crippen LogP contribution in [0.2, 0.25) is 0 Å². The van der Waals surface area contributed by atoms with Gasteiger partial charge in [0, 0.05) is 9.79 Å². The number of aromatic hydroxyl groups is 1. The van der Waals surface area contributed by atoms with Gasteiger partial charge in [0.2, 0.25) is 0 Å². The molecule has 0 aromatic heterocycles. The lowest BCUT2D eigenvalue weighted by Gasteiger charge is -2.10. The van der Waals surface area contributed by atoms with Crippen molar-refractivity contribution in [2.24, 2.45) is 0 Å². The molecular formula is C15H14O3S. The van der Waals surface area contributed by atoms with Crippen LogP contribution in [0.3, 0.4) is 0 Å². The average molecular weight is 274 g/mol. The molecule has 0 unspecified atom stereocenters. The van der Waals surface area contributed by atoms with Crippen LogP contribution in [0.15, 0.2) is 58.3 Å². The molecule has 0 aliphatic heterocycles. The summed E-state index contributed by atoms with van der Waals surface area (Å²) >= 11 is 1.42. The molecule has 0 saturated carbocycles. The highest BCUT2D eigenvalue weighted by Gasteiger charge is 2.17. The molecule has 0 fully saturated rings. The van der Waals surface area contributed by atoms with E-state index in [0.717, 1.165) is 4.90 Å². The number of hydrogen-bond acceptors (Lipinski definition) is 4. The maximum Gasteiger partial charge on any atom is 0.343 e. The van der Waals surface area contributed by atoms with Crippen LogP contribution in [0, 0.1) is 0 Å². The predicted octanol–water partition coefficient (Wildman–Crippen LogP) is 3.72. The van der Waals surface area contributed by atoms with Crippen molar-refractivity contribution in [3.63, 3.8) is 0 Å². The fourth-order valence-electron chi connectivity index (χ4n) is 1.63. The van der Waals surface area contributed by atoms with E-state index in [4.69, 9.17) is 4.74 Å². The smallest absolute Gasteiger partial charge is 0.343 e. The molecule has 0 saturated heterocycles. The molecule has 0 heterocycles. The number of phenols is 1. The van der Waals surface area contributed by atoms with Gasteiger partial charge in [-0.1, -0.05) is 36.0 Å². The molecule has 0 radical (unpaired) electrons. The first-order valence-corrected chi connectivity index (χ1v) is 6.76. The van der Waals surface area contributed by atoms with Crippen LogP contribution < -0.4 is 0 Å². The first kappa shape index (κ1) is 13.5. The molecule has 0 bridgehead atoms. The Labute approximate surface area is 116 Å². The zero-order valence-corrected chi connectivity index (χ0v) is 11.3. The summed E-state index contributed by atoms with van der Waals surface area (Å²) in [7, 11) is 0. The second-order valence-electron chi connectivity index (χ2n) is 3.79. The summed E-state index contributed by atoms with van der Waals surface area (Å²) in [4.78, 5) is 13.6. The Hall–Kier alpha value is -1.94. The van der Waals surface area contributed by atoms with Gasteiger partial charge in [0.1, 0.15) is 11.3 Å². The van der Waals surface area contributed by atoms with Gasteiger partial charge in [0.25, 0.3) is 0 Å². The molecule has 0 spiro atoms. The quantitative estimate of drug-likeness (QED) is 0.863. The predicted molar refractivity (Wildman–Crippen MR) is 74.6 cm³/mol. The van der Waals surface area contributed by atoms with Crippen molar-refractivity contribution in [1.29, 1.82) is 0 Å². The van der Waals surface area contributed by atoms with Gasteiger partial charge in [-0.15, -0.1) is 0 Å². The van der Waals surface area contributed by atoms with Gasteiger partial charge in [-0.3, -0.25) is 0 Å². The molecule has 19 heavy (non-hydrogen) atoms. The van der Waals surface area contributed by atoms with E-state index in [1.807, 2.05) is 30.3 Å². The molecule has 0 atom stereocenters. The lowest BCUT2D eigenvalue weighted by molar-refractivity contribution is 0.0519. The molecule has 4 heteroatoms. The third kappa shape index (κ3) is 3.29. The molecule has 98 valence electrons. The van der Waals surface area contributed by atoms with E-state index in [-0.39, 0.29) is 17.9 Å². The number of esters is 1. The van der Waals surface area contributed by atoms with Crippen molar-refractivity contribution in [2.75, 3.05) is 6.61 Å². The van der Waals surface area contributed by atoms with Crippen molar-refractivity contribution < 1.29 is 14.6 Å². The number of hydrogen-bond donors (Lipinski definition) is 1. The molecule has 0 aliphatic carbocycles. The van der Waals surface area contributed by atoms with Crippen LogP contribution >= 0.6 is 11.8 Å². The van der Waals surface area contributed by atoms with Gasteiger partial charge >= 0.3 is 5.97 Å². The minimum Gasteiger partial charge on any atom is -0.507 e. The number of benzene rings is 2. The van der Waals surface area contributed by atoms with Crippen LogP contribution in [0.5, 0.6) is 5.75 Å². The topological polar surface area (TPSA) is 46.5 Å². The van der Waals surface area contributed by atoms with Gasteiger partial charge in [0.15, 0.2) is 0 Å². The highest BCUT2D eigenvalue weighted by Crippen LogP contribution is 2.34. The zero-order valence-electron chi connectivity index (χ0n) is 10.5. The molecule has 3 nitrogen and oxygen atoms in total. The minimum absolute atomic E-state index is 0.0561. The number of carbonyl (C=O) groups excluding carboxylic acids is 1.